The molecule has 0 heteroatoms. The molecule has 0 spiro atoms. The van der Waals surface area contributed by atoms with Gasteiger partial charge in [0.15, 0.2) is 0 Å². The Kier molecular flexibility index (Phi) is 3.68. The first-order valence-electron chi connectivity index (χ1n) is 6.91. The predicted molar refractivity (Wildman–Crippen MR) is 71.2 cm³/mol. The van der Waals surface area contributed by atoms with Crippen molar-refractivity contribution in [3.63, 3.8) is 0 Å². The van der Waals surface area contributed by atoms with Gasteiger partial charge in [-0.05, 0) is 66.7 Å². The van der Waals surface area contributed by atoms with E-state index in [4.69, 9.17) is 0 Å². The molecular weight excluding hydrogens is 192 g/mol. The van der Waals surface area contributed by atoms with E-state index < -0.39 is 0 Å². The van der Waals surface area contributed by atoms with E-state index in [1.807, 2.05) is 0 Å². The molecule has 1 aliphatic rings. The lowest BCUT2D eigenvalue weighted by molar-refractivity contribution is 0.649. The molecule has 0 aliphatic heterocycles. The minimum atomic E-state index is 0.739. The molecule has 1 aromatic carbocycles. The number of benzene rings is 1. The molecule has 0 N–H and O–H groups in total. The minimum Gasteiger partial charge on any atom is -0.0648 e. The summed E-state index contributed by atoms with van der Waals surface area (Å²) in [6.07, 6.45) is 7.87. The molecular formula is C16H24. The van der Waals surface area contributed by atoms with Gasteiger partial charge in [0.25, 0.3) is 0 Å². The number of hydrogen-bond donors (Lipinski definition) is 0. The van der Waals surface area contributed by atoms with Gasteiger partial charge in [-0.2, -0.15) is 0 Å². The van der Waals surface area contributed by atoms with Crippen LogP contribution in [0.2, 0.25) is 0 Å². The molecule has 0 nitrogen and oxygen atoms in total. The molecule has 16 heavy (non-hydrogen) atoms. The van der Waals surface area contributed by atoms with Crippen LogP contribution in [0.5, 0.6) is 0 Å². The Morgan fingerprint density at radius 3 is 2.56 bits per heavy atom. The second kappa shape index (κ2) is 5.03. The maximum atomic E-state index is 2.39. The van der Waals surface area contributed by atoms with E-state index in [1.165, 1.54) is 38.5 Å². The molecule has 2 rings (SSSR count). The zero-order valence-corrected chi connectivity index (χ0v) is 11.0. The first-order valence-corrected chi connectivity index (χ1v) is 6.91. The van der Waals surface area contributed by atoms with E-state index in [1.54, 1.807) is 22.3 Å². The summed E-state index contributed by atoms with van der Waals surface area (Å²) in [5.74, 6) is 0.739. The molecule has 0 bridgehead atoms. The summed E-state index contributed by atoms with van der Waals surface area (Å²) in [6, 6.07) is 4.77. The molecule has 0 saturated carbocycles. The summed E-state index contributed by atoms with van der Waals surface area (Å²) in [6.45, 7) is 6.99. The van der Waals surface area contributed by atoms with E-state index in [2.05, 4.69) is 32.9 Å². The van der Waals surface area contributed by atoms with Crippen molar-refractivity contribution in [3.05, 3.63) is 34.4 Å². The predicted octanol–water partition coefficient (Wildman–Crippen LogP) is 4.64. The Balaban J connectivity index is 2.51. The molecule has 1 aromatic rings. The summed E-state index contributed by atoms with van der Waals surface area (Å²) in [5.41, 5.74) is 6.64. The summed E-state index contributed by atoms with van der Waals surface area (Å²) < 4.78 is 0. The summed E-state index contributed by atoms with van der Waals surface area (Å²) >= 11 is 0. The lowest BCUT2D eigenvalue weighted by Crippen LogP contribution is -2.11. The normalized spacial score (nSPS) is 16.9. The molecule has 0 radical (unpaired) electrons. The van der Waals surface area contributed by atoms with Gasteiger partial charge in [-0.15, -0.1) is 0 Å². The molecule has 0 aromatic heterocycles. The van der Waals surface area contributed by atoms with Crippen LogP contribution in [0.3, 0.4) is 0 Å². The van der Waals surface area contributed by atoms with Crippen molar-refractivity contribution >= 4 is 0 Å². The molecule has 1 aliphatic carbocycles. The van der Waals surface area contributed by atoms with Gasteiger partial charge < -0.3 is 0 Å². The second-order valence-corrected chi connectivity index (χ2v) is 5.15. The van der Waals surface area contributed by atoms with Crippen LogP contribution >= 0.6 is 0 Å². The van der Waals surface area contributed by atoms with Crippen LogP contribution in [0.1, 0.15) is 68.2 Å². The molecule has 1 atom stereocenters. The summed E-state index contributed by atoms with van der Waals surface area (Å²) in [5, 5.41) is 0. The highest BCUT2D eigenvalue weighted by atomic mass is 14.2. The van der Waals surface area contributed by atoms with E-state index >= 15 is 0 Å². The third kappa shape index (κ3) is 2.03. The maximum absolute atomic E-state index is 2.39. The fourth-order valence-corrected chi connectivity index (χ4v) is 3.03. The topological polar surface area (TPSA) is 0 Å². The van der Waals surface area contributed by atoms with Crippen LogP contribution in [0, 0.1) is 0 Å². The van der Waals surface area contributed by atoms with E-state index in [9.17, 15) is 0 Å². The Morgan fingerprint density at radius 1 is 1.12 bits per heavy atom. The second-order valence-electron chi connectivity index (χ2n) is 5.15. The van der Waals surface area contributed by atoms with Gasteiger partial charge in [-0.1, -0.05) is 32.9 Å². The summed E-state index contributed by atoms with van der Waals surface area (Å²) in [7, 11) is 0. The van der Waals surface area contributed by atoms with Crippen molar-refractivity contribution in [2.45, 2.75) is 65.2 Å². The highest BCUT2D eigenvalue weighted by molar-refractivity contribution is 5.44. The smallest absolute Gasteiger partial charge is 0.0187 e. The largest absolute Gasteiger partial charge is 0.0648 e. The zero-order valence-electron chi connectivity index (χ0n) is 11.0. The van der Waals surface area contributed by atoms with Crippen molar-refractivity contribution < 1.29 is 0 Å². The number of hydrogen-bond acceptors (Lipinski definition) is 0. The van der Waals surface area contributed by atoms with E-state index in [-0.39, 0.29) is 0 Å². The zero-order chi connectivity index (χ0) is 11.5. The fourth-order valence-electron chi connectivity index (χ4n) is 3.03. The molecule has 0 fully saturated rings. The van der Waals surface area contributed by atoms with Gasteiger partial charge in [0, 0.05) is 0 Å². The Morgan fingerprint density at radius 2 is 1.88 bits per heavy atom. The number of rotatable bonds is 3. The average molecular weight is 216 g/mol. The van der Waals surface area contributed by atoms with Crippen LogP contribution in [0.25, 0.3) is 0 Å². The van der Waals surface area contributed by atoms with Crippen LogP contribution in [-0.4, -0.2) is 0 Å². The lowest BCUT2D eigenvalue weighted by atomic mass is 9.80. The minimum absolute atomic E-state index is 0.739. The third-order valence-corrected chi connectivity index (χ3v) is 4.15. The van der Waals surface area contributed by atoms with Crippen molar-refractivity contribution in [3.8, 4) is 0 Å². The first kappa shape index (κ1) is 11.7. The average Bonchev–Trinajstić information content (AvgIpc) is 2.36. The maximum Gasteiger partial charge on any atom is -0.0187 e. The van der Waals surface area contributed by atoms with Gasteiger partial charge in [0.2, 0.25) is 0 Å². The van der Waals surface area contributed by atoms with E-state index in [0.29, 0.717) is 0 Å². The van der Waals surface area contributed by atoms with Gasteiger partial charge >= 0.3 is 0 Å². The SMILES string of the molecule is CCc1ccc2c(c1C(C)CC)CCCC2. The molecule has 0 heterocycles. The Hall–Kier alpha value is -0.780. The highest BCUT2D eigenvalue weighted by Gasteiger charge is 2.18. The van der Waals surface area contributed by atoms with Crippen molar-refractivity contribution in [2.75, 3.05) is 0 Å². The van der Waals surface area contributed by atoms with E-state index in [0.717, 1.165) is 5.92 Å². The number of fused-ring (bicyclic) bond motifs is 1. The van der Waals surface area contributed by atoms with Gasteiger partial charge in [0.05, 0.1) is 0 Å². The Bertz CT molecular complexity index is 363. The van der Waals surface area contributed by atoms with Gasteiger partial charge in [0.1, 0.15) is 0 Å². The van der Waals surface area contributed by atoms with Crippen LogP contribution < -0.4 is 0 Å². The standard InChI is InChI=1S/C16H24/c1-4-12(3)16-13(5-2)10-11-14-8-6-7-9-15(14)16/h10-12H,4-9H2,1-3H3. The lowest BCUT2D eigenvalue weighted by Gasteiger charge is -2.25. The monoisotopic (exact) mass is 216 g/mol. The molecule has 1 unspecified atom stereocenters. The molecule has 0 saturated heterocycles. The van der Waals surface area contributed by atoms with Crippen LogP contribution in [-0.2, 0) is 19.3 Å². The molecule has 0 amide bonds. The highest BCUT2D eigenvalue weighted by Crippen LogP contribution is 2.33. The number of aryl methyl sites for hydroxylation is 2. The van der Waals surface area contributed by atoms with Crippen molar-refractivity contribution in [1.29, 1.82) is 0 Å². The van der Waals surface area contributed by atoms with Crippen LogP contribution in [0.15, 0.2) is 12.1 Å². The quantitative estimate of drug-likeness (QED) is 0.690. The van der Waals surface area contributed by atoms with Gasteiger partial charge in [-0.25, -0.2) is 0 Å². The summed E-state index contributed by atoms with van der Waals surface area (Å²) in [4.78, 5) is 0. The third-order valence-electron chi connectivity index (χ3n) is 4.15. The fraction of sp³-hybridized carbons (Fsp3) is 0.625. The van der Waals surface area contributed by atoms with Crippen molar-refractivity contribution in [1.82, 2.24) is 0 Å². The molecule has 88 valence electrons. The van der Waals surface area contributed by atoms with Crippen molar-refractivity contribution in [2.24, 2.45) is 0 Å². The van der Waals surface area contributed by atoms with Gasteiger partial charge in [-0.3, -0.25) is 0 Å². The Labute approximate surface area is 100 Å². The first-order chi connectivity index (χ1) is 7.77. The van der Waals surface area contributed by atoms with Crippen LogP contribution in [0.4, 0.5) is 0 Å².